The van der Waals surface area contributed by atoms with Gasteiger partial charge >= 0.3 is 4.87 Å². The Morgan fingerprint density at radius 3 is 2.37 bits per heavy atom. The Bertz CT molecular complexity index is 1870. The number of aromatic amines is 1. The number of aliphatic hydroxyl groups is 1. The second-order valence-corrected chi connectivity index (χ2v) is 13.3. The normalized spacial score (nSPS) is 14.9. The van der Waals surface area contributed by atoms with Gasteiger partial charge in [-0.25, -0.2) is 0 Å². The second kappa shape index (κ2) is 16.6. The number of rotatable bonds is 12. The predicted molar refractivity (Wildman–Crippen MR) is 192 cm³/mol. The van der Waals surface area contributed by atoms with Crippen LogP contribution in [0.4, 0.5) is 0 Å². The first kappa shape index (κ1) is 35.6. The van der Waals surface area contributed by atoms with Crippen LogP contribution in [-0.2, 0) is 23.2 Å². The summed E-state index contributed by atoms with van der Waals surface area (Å²) in [5.41, 5.74) is 5.32. The lowest BCUT2D eigenvalue weighted by molar-refractivity contribution is -0.122. The molecule has 0 radical (unpaired) electrons. The summed E-state index contributed by atoms with van der Waals surface area (Å²) < 4.78 is 6.61. The van der Waals surface area contributed by atoms with E-state index in [0.29, 0.717) is 41.2 Å². The van der Waals surface area contributed by atoms with Gasteiger partial charge < -0.3 is 40.4 Å². The van der Waals surface area contributed by atoms with Gasteiger partial charge in [0.25, 0.3) is 6.47 Å². The van der Waals surface area contributed by atoms with E-state index in [1.165, 1.54) is 17.2 Å². The van der Waals surface area contributed by atoms with Gasteiger partial charge in [0, 0.05) is 29.6 Å². The summed E-state index contributed by atoms with van der Waals surface area (Å²) in [5.74, 6) is 1.17. The number of nitrogens with zero attached hydrogens (tertiary/aromatic N) is 1. The summed E-state index contributed by atoms with van der Waals surface area (Å²) in [7, 11) is 2.16. The van der Waals surface area contributed by atoms with Crippen molar-refractivity contribution in [2.24, 2.45) is 0 Å². The molecule has 1 fully saturated rings. The maximum absolute atomic E-state index is 11.8. The number of likely N-dealkylation sites (tertiary alicyclic amines) is 1. The highest BCUT2D eigenvalue weighted by molar-refractivity contribution is 7.16. The van der Waals surface area contributed by atoms with Crippen LogP contribution in [0.5, 0.6) is 17.2 Å². The number of carboxylic acid groups (broad SMARTS) is 1. The molecule has 1 aliphatic heterocycles. The van der Waals surface area contributed by atoms with Crippen molar-refractivity contribution in [3.05, 3.63) is 122 Å². The molecule has 0 unspecified atom stereocenters. The average molecular weight is 686 g/mol. The van der Waals surface area contributed by atoms with Crippen molar-refractivity contribution in [2.75, 3.05) is 33.3 Å². The first-order valence-electron chi connectivity index (χ1n) is 16.3. The van der Waals surface area contributed by atoms with E-state index < -0.39 is 6.10 Å². The van der Waals surface area contributed by atoms with Crippen LogP contribution in [0.3, 0.4) is 0 Å². The lowest BCUT2D eigenvalue weighted by Gasteiger charge is -2.42. The van der Waals surface area contributed by atoms with Crippen molar-refractivity contribution in [3.63, 3.8) is 0 Å². The number of aliphatic hydroxyl groups excluding tert-OH is 1. The van der Waals surface area contributed by atoms with Crippen LogP contribution in [0.25, 0.3) is 10.2 Å². The fourth-order valence-electron chi connectivity index (χ4n) is 6.53. The number of thiazole rings is 1. The summed E-state index contributed by atoms with van der Waals surface area (Å²) in [5, 5.41) is 41.9. The number of phenolic OH excluding ortho intramolecular Hbond substituents is 2. The van der Waals surface area contributed by atoms with E-state index in [1.54, 1.807) is 6.07 Å². The van der Waals surface area contributed by atoms with Crippen molar-refractivity contribution in [1.82, 2.24) is 15.2 Å². The maximum Gasteiger partial charge on any atom is 0.305 e. The molecule has 0 saturated carbocycles. The van der Waals surface area contributed by atoms with Gasteiger partial charge in [-0.3, -0.25) is 9.59 Å². The smallest absolute Gasteiger partial charge is 0.305 e. The zero-order valence-electron chi connectivity index (χ0n) is 27.5. The topological polar surface area (TPSA) is 155 Å². The van der Waals surface area contributed by atoms with Crippen LogP contribution in [0.1, 0.15) is 53.2 Å². The summed E-state index contributed by atoms with van der Waals surface area (Å²) >= 11 is 0.981. The summed E-state index contributed by atoms with van der Waals surface area (Å²) in [4.78, 5) is 24.8. The summed E-state index contributed by atoms with van der Waals surface area (Å²) in [6.07, 6.45) is 2.83. The van der Waals surface area contributed by atoms with Crippen LogP contribution in [0, 0.1) is 0 Å². The van der Waals surface area contributed by atoms with Crippen molar-refractivity contribution in [2.45, 2.75) is 43.7 Å². The number of H-pyrrole nitrogens is 1. The molecule has 6 rings (SSSR count). The molecule has 10 nitrogen and oxygen atoms in total. The minimum atomic E-state index is -0.824. The molecule has 2 heterocycles. The Labute approximate surface area is 289 Å². The van der Waals surface area contributed by atoms with Crippen molar-refractivity contribution in [3.8, 4) is 17.2 Å². The number of aromatic nitrogens is 1. The molecule has 5 aromatic rings. The molecule has 6 N–H and O–H groups in total. The Morgan fingerprint density at radius 2 is 1.65 bits per heavy atom. The molecule has 1 saturated heterocycles. The molecule has 11 heteroatoms. The fraction of sp³-hybridized carbons (Fsp3) is 0.316. The van der Waals surface area contributed by atoms with E-state index in [0.717, 1.165) is 67.0 Å². The average Bonchev–Trinajstić information content (AvgIpc) is 3.51. The van der Waals surface area contributed by atoms with Crippen LogP contribution in [0.2, 0.25) is 0 Å². The number of nitrogens with one attached hydrogen (secondary N) is 2. The van der Waals surface area contributed by atoms with Crippen molar-refractivity contribution in [1.29, 1.82) is 0 Å². The Hall–Kier alpha value is -4.68. The number of hydrogen-bond donors (Lipinski definition) is 6. The summed E-state index contributed by atoms with van der Waals surface area (Å²) in [6, 6.07) is 27.8. The molecular formula is C38H43N3O7S. The summed E-state index contributed by atoms with van der Waals surface area (Å²) in [6.45, 7) is 3.18. The molecule has 0 amide bonds. The Balaban J connectivity index is 0.00000151. The highest BCUT2D eigenvalue weighted by atomic mass is 32.1. The number of carbonyl (C=O) groups is 1. The third-order valence-corrected chi connectivity index (χ3v) is 10.1. The number of piperidine rings is 1. The molecule has 1 aliphatic rings. The zero-order chi connectivity index (χ0) is 34.8. The number of fused-ring (bicyclic) bond motifs is 1. The van der Waals surface area contributed by atoms with Gasteiger partial charge in [-0.2, -0.15) is 0 Å². The standard InChI is InChI=1S/C37H41N3O5S.CH2O2/c1-40-19-17-37(18-20-40,27-7-3-2-4-8-27)30-22-25(11-15-31(30)41)6-5-21-45-28-12-9-26(10-13-28)23-38-24-33(43)29-14-16-32(42)34-35(29)46-36(44)39-34;2-1-3/h2-4,7-16,22,33,38,41-43H,5-6,17-21,23-24H2,1H3,(H,39,44);1H,(H,2,3)/t33-;/m0./s1. The van der Waals surface area contributed by atoms with Gasteiger partial charge in [-0.05, 0) is 86.8 Å². The van der Waals surface area contributed by atoms with E-state index in [4.69, 9.17) is 14.6 Å². The minimum absolute atomic E-state index is 0.00572. The number of ether oxygens (including phenoxy) is 1. The number of phenols is 2. The van der Waals surface area contributed by atoms with Gasteiger partial charge in [-0.1, -0.05) is 72.0 Å². The quantitative estimate of drug-likeness (QED) is 0.0733. The second-order valence-electron chi connectivity index (χ2n) is 12.3. The first-order chi connectivity index (χ1) is 23.7. The third kappa shape index (κ3) is 8.68. The lowest BCUT2D eigenvalue weighted by atomic mass is 9.67. The van der Waals surface area contributed by atoms with Gasteiger partial charge in [-0.15, -0.1) is 0 Å². The van der Waals surface area contributed by atoms with Crippen LogP contribution in [-0.4, -0.2) is 70.1 Å². The monoisotopic (exact) mass is 685 g/mol. The van der Waals surface area contributed by atoms with Gasteiger partial charge in [0.1, 0.15) is 22.8 Å². The van der Waals surface area contributed by atoms with Crippen molar-refractivity contribution >= 4 is 28.0 Å². The largest absolute Gasteiger partial charge is 0.508 e. The third-order valence-electron chi connectivity index (χ3n) is 9.16. The Morgan fingerprint density at radius 1 is 0.980 bits per heavy atom. The predicted octanol–water partition coefficient (Wildman–Crippen LogP) is 5.55. The van der Waals surface area contributed by atoms with Gasteiger partial charge in [0.15, 0.2) is 0 Å². The molecule has 1 aromatic heterocycles. The first-order valence-corrected chi connectivity index (χ1v) is 17.1. The molecule has 49 heavy (non-hydrogen) atoms. The van der Waals surface area contributed by atoms with E-state index >= 15 is 0 Å². The van der Waals surface area contributed by atoms with Gasteiger partial charge in [0.2, 0.25) is 0 Å². The highest BCUT2D eigenvalue weighted by Crippen LogP contribution is 2.45. The molecule has 1 atom stereocenters. The van der Waals surface area contributed by atoms with E-state index in [1.807, 2.05) is 42.5 Å². The molecule has 258 valence electrons. The van der Waals surface area contributed by atoms with E-state index in [-0.39, 0.29) is 22.5 Å². The SMILES string of the molecule is CN1CCC(c2ccccc2)(c2cc(CCCOc3ccc(CNC[C@H](O)c4ccc(O)c5[nH]c(=O)sc45)cc3)ccc2O)CC1.O=CO. The highest BCUT2D eigenvalue weighted by Gasteiger charge is 2.39. The number of benzene rings is 4. The van der Waals surface area contributed by atoms with Crippen LogP contribution >= 0.6 is 11.3 Å². The molecule has 0 aliphatic carbocycles. The van der Waals surface area contributed by atoms with Crippen LogP contribution < -0.4 is 14.9 Å². The van der Waals surface area contributed by atoms with Crippen LogP contribution in [0.15, 0.2) is 89.7 Å². The van der Waals surface area contributed by atoms with Gasteiger partial charge in [0.05, 0.1) is 17.4 Å². The zero-order valence-corrected chi connectivity index (χ0v) is 28.3. The molecular weight excluding hydrogens is 642 g/mol. The number of aryl methyl sites for hydroxylation is 1. The Kier molecular flexibility index (Phi) is 12.1. The molecule has 0 bridgehead atoms. The number of hydrogen-bond acceptors (Lipinski definition) is 9. The fourth-order valence-corrected chi connectivity index (χ4v) is 7.45. The van der Waals surface area contributed by atoms with E-state index in [2.05, 4.69) is 52.6 Å². The lowest BCUT2D eigenvalue weighted by Crippen LogP contribution is -2.41. The molecule has 4 aromatic carbocycles. The van der Waals surface area contributed by atoms with E-state index in [9.17, 15) is 20.1 Å². The minimum Gasteiger partial charge on any atom is -0.508 e. The van der Waals surface area contributed by atoms with Crippen molar-refractivity contribution < 1.29 is 30.0 Å². The molecule has 0 spiro atoms. The number of aromatic hydroxyl groups is 2. The maximum atomic E-state index is 11.8.